The Kier molecular flexibility index (Phi) is 8.39. The van der Waals surface area contributed by atoms with Crippen LogP contribution in [0.1, 0.15) is 38.3 Å². The molecule has 1 saturated heterocycles. The maximum absolute atomic E-state index is 12.6. The van der Waals surface area contributed by atoms with Gasteiger partial charge in [0, 0.05) is 13.1 Å². The number of amides is 3. The highest BCUT2D eigenvalue weighted by Gasteiger charge is 2.34. The third-order valence-electron chi connectivity index (χ3n) is 5.26. The van der Waals surface area contributed by atoms with Gasteiger partial charge in [0.05, 0.1) is 25.0 Å². The normalized spacial score (nSPS) is 15.1. The van der Waals surface area contributed by atoms with E-state index < -0.39 is 0 Å². The number of carbonyl (C=O) groups excluding carboxylic acids is 3. The highest BCUT2D eigenvalue weighted by atomic mass is 32.2. The minimum Gasteiger partial charge on any atom is -0.497 e. The molecule has 1 N–H and O–H groups in total. The number of methoxy groups -OCH3 is 1. The lowest BCUT2D eigenvalue weighted by Gasteiger charge is -2.19. The van der Waals surface area contributed by atoms with Gasteiger partial charge in [-0.15, -0.1) is 0 Å². The van der Waals surface area contributed by atoms with Gasteiger partial charge in [0.25, 0.3) is 11.1 Å². The molecule has 0 radical (unpaired) electrons. The van der Waals surface area contributed by atoms with E-state index >= 15 is 0 Å². The molecule has 0 aliphatic carbocycles. The third-order valence-corrected chi connectivity index (χ3v) is 6.17. The van der Waals surface area contributed by atoms with E-state index in [1.807, 2.05) is 36.4 Å². The minimum absolute atomic E-state index is 0.0707. The number of hydrogen-bond donors (Lipinski definition) is 1. The Labute approximate surface area is 204 Å². The highest BCUT2D eigenvalue weighted by molar-refractivity contribution is 8.18. The van der Waals surface area contributed by atoms with Gasteiger partial charge >= 0.3 is 0 Å². The van der Waals surface area contributed by atoms with E-state index in [4.69, 9.17) is 9.47 Å². The van der Waals surface area contributed by atoms with Crippen LogP contribution in [0.5, 0.6) is 11.5 Å². The predicted molar refractivity (Wildman–Crippen MR) is 134 cm³/mol. The van der Waals surface area contributed by atoms with Gasteiger partial charge in [-0.25, -0.2) is 0 Å². The maximum Gasteiger partial charge on any atom is 0.293 e. The van der Waals surface area contributed by atoms with E-state index in [0.29, 0.717) is 16.4 Å². The van der Waals surface area contributed by atoms with Gasteiger partial charge in [-0.05, 0) is 58.6 Å². The van der Waals surface area contributed by atoms with Crippen molar-refractivity contribution in [1.82, 2.24) is 10.2 Å². The van der Waals surface area contributed by atoms with Gasteiger partial charge in [-0.2, -0.15) is 0 Å². The number of nitrogens with one attached hydrogen (secondary N) is 1. The number of ether oxygens (including phenoxy) is 2. The molecule has 7 nitrogen and oxygen atoms in total. The molecule has 0 bridgehead atoms. The van der Waals surface area contributed by atoms with Gasteiger partial charge in [0.1, 0.15) is 11.5 Å². The Morgan fingerprint density at radius 2 is 1.68 bits per heavy atom. The fourth-order valence-corrected chi connectivity index (χ4v) is 4.12. The highest BCUT2D eigenvalue weighted by Crippen LogP contribution is 2.32. The summed E-state index contributed by atoms with van der Waals surface area (Å²) in [6.07, 6.45) is 1.86. The van der Waals surface area contributed by atoms with E-state index in [1.54, 1.807) is 25.3 Å². The molecular formula is C26H30N2O5S. The summed E-state index contributed by atoms with van der Waals surface area (Å²) in [5, 5.41) is 2.39. The minimum atomic E-state index is -0.359. The number of thioether (sulfide) groups is 1. The van der Waals surface area contributed by atoms with Crippen molar-refractivity contribution in [2.24, 2.45) is 0 Å². The van der Waals surface area contributed by atoms with Gasteiger partial charge in [0.15, 0.2) is 0 Å². The Morgan fingerprint density at radius 3 is 2.29 bits per heavy atom. The second kappa shape index (κ2) is 11.2. The molecule has 1 aliphatic rings. The lowest BCUT2D eigenvalue weighted by atomic mass is 9.87. The zero-order valence-corrected chi connectivity index (χ0v) is 20.7. The summed E-state index contributed by atoms with van der Waals surface area (Å²) in [5.74, 6) is 0.862. The molecule has 0 atom stereocenters. The molecule has 2 aromatic carbocycles. The summed E-state index contributed by atoms with van der Waals surface area (Å²) in [7, 11) is 1.58. The van der Waals surface area contributed by atoms with Crippen LogP contribution in [0.2, 0.25) is 0 Å². The van der Waals surface area contributed by atoms with Crippen molar-refractivity contribution in [1.29, 1.82) is 0 Å². The fraction of sp³-hybridized carbons (Fsp3) is 0.346. The monoisotopic (exact) mass is 482 g/mol. The quantitative estimate of drug-likeness (QED) is 0.525. The van der Waals surface area contributed by atoms with Crippen LogP contribution in [0.4, 0.5) is 4.79 Å². The van der Waals surface area contributed by atoms with Crippen molar-refractivity contribution >= 4 is 34.9 Å². The third kappa shape index (κ3) is 6.87. The molecule has 180 valence electrons. The van der Waals surface area contributed by atoms with Gasteiger partial charge in [-0.3, -0.25) is 19.3 Å². The van der Waals surface area contributed by atoms with Crippen molar-refractivity contribution in [3.8, 4) is 11.5 Å². The smallest absolute Gasteiger partial charge is 0.293 e. The topological polar surface area (TPSA) is 84.9 Å². The van der Waals surface area contributed by atoms with Crippen molar-refractivity contribution < 1.29 is 23.9 Å². The summed E-state index contributed by atoms with van der Waals surface area (Å²) < 4.78 is 10.8. The molecule has 0 aromatic heterocycles. The van der Waals surface area contributed by atoms with Crippen LogP contribution in [0.25, 0.3) is 6.08 Å². The Hall–Kier alpha value is -3.26. The Bertz CT molecular complexity index is 1060. The first-order valence-corrected chi connectivity index (χ1v) is 11.9. The molecule has 3 amide bonds. The maximum atomic E-state index is 12.6. The van der Waals surface area contributed by atoms with Crippen molar-refractivity contribution in [3.05, 3.63) is 64.6 Å². The zero-order valence-electron chi connectivity index (χ0n) is 19.9. The van der Waals surface area contributed by atoms with E-state index in [1.165, 1.54) is 5.56 Å². The van der Waals surface area contributed by atoms with Gasteiger partial charge in [0.2, 0.25) is 5.91 Å². The lowest BCUT2D eigenvalue weighted by Crippen LogP contribution is -2.37. The van der Waals surface area contributed by atoms with E-state index in [-0.39, 0.29) is 48.6 Å². The Morgan fingerprint density at radius 1 is 1.03 bits per heavy atom. The second-order valence-corrected chi connectivity index (χ2v) is 9.82. The summed E-state index contributed by atoms with van der Waals surface area (Å²) in [6.45, 7) is 6.99. The van der Waals surface area contributed by atoms with Crippen LogP contribution in [-0.2, 0) is 15.0 Å². The summed E-state index contributed by atoms with van der Waals surface area (Å²) in [5.41, 5.74) is 2.08. The fourth-order valence-electron chi connectivity index (χ4n) is 3.25. The molecule has 34 heavy (non-hydrogen) atoms. The molecule has 3 rings (SSSR count). The first-order valence-electron chi connectivity index (χ1n) is 11.1. The standard InChI is InChI=1S/C26H30N2O5S/c1-26(2,3)19-7-11-21(12-8-19)33-16-13-23(29)27-14-15-28-24(30)22(34-25(28)31)17-18-5-9-20(32-4)10-6-18/h5-12,17H,13-16H2,1-4H3,(H,27,29)/b22-17-. The summed E-state index contributed by atoms with van der Waals surface area (Å²) in [6, 6.07) is 15.0. The lowest BCUT2D eigenvalue weighted by molar-refractivity contribution is -0.124. The summed E-state index contributed by atoms with van der Waals surface area (Å²) >= 11 is 0.894. The molecule has 2 aromatic rings. The average molecular weight is 483 g/mol. The molecule has 1 fully saturated rings. The molecule has 8 heteroatoms. The van der Waals surface area contributed by atoms with Crippen molar-refractivity contribution in [2.75, 3.05) is 26.8 Å². The van der Waals surface area contributed by atoms with Crippen molar-refractivity contribution in [3.63, 3.8) is 0 Å². The molecule has 0 saturated carbocycles. The van der Waals surface area contributed by atoms with Crippen molar-refractivity contribution in [2.45, 2.75) is 32.6 Å². The molecule has 1 aliphatic heterocycles. The number of hydrogen-bond acceptors (Lipinski definition) is 6. The number of benzene rings is 2. The number of nitrogens with zero attached hydrogens (tertiary/aromatic N) is 1. The predicted octanol–water partition coefficient (Wildman–Crippen LogP) is 4.61. The number of rotatable bonds is 9. The molecule has 0 spiro atoms. The molecule has 0 unspecified atom stereocenters. The molecular weight excluding hydrogens is 452 g/mol. The average Bonchev–Trinajstić information content (AvgIpc) is 3.06. The van der Waals surface area contributed by atoms with Crippen LogP contribution in [0, 0.1) is 0 Å². The zero-order chi connectivity index (χ0) is 24.7. The van der Waals surface area contributed by atoms with Gasteiger partial charge in [-0.1, -0.05) is 45.0 Å². The van der Waals surface area contributed by atoms with Gasteiger partial charge < -0.3 is 14.8 Å². The largest absolute Gasteiger partial charge is 0.497 e. The second-order valence-electron chi connectivity index (χ2n) is 8.83. The van der Waals surface area contributed by atoms with Crippen LogP contribution in [0.15, 0.2) is 53.4 Å². The van der Waals surface area contributed by atoms with Crippen LogP contribution in [-0.4, -0.2) is 48.8 Å². The first-order chi connectivity index (χ1) is 16.2. The van der Waals surface area contributed by atoms with E-state index in [0.717, 1.165) is 22.2 Å². The number of imide groups is 1. The van der Waals surface area contributed by atoms with Crippen LogP contribution in [0.3, 0.4) is 0 Å². The van der Waals surface area contributed by atoms with Crippen LogP contribution >= 0.6 is 11.8 Å². The number of carbonyl (C=O) groups is 3. The van der Waals surface area contributed by atoms with Crippen LogP contribution < -0.4 is 14.8 Å². The first kappa shape index (κ1) is 25.4. The van der Waals surface area contributed by atoms with E-state index in [9.17, 15) is 14.4 Å². The Balaban J connectivity index is 1.41. The SMILES string of the molecule is COc1ccc(/C=C2\SC(=O)N(CCNC(=O)CCOc3ccc(C(C)(C)C)cc3)C2=O)cc1. The summed E-state index contributed by atoms with van der Waals surface area (Å²) in [4.78, 5) is 38.5. The van der Waals surface area contributed by atoms with E-state index in [2.05, 4.69) is 26.1 Å². The molecule has 1 heterocycles.